The van der Waals surface area contributed by atoms with E-state index in [9.17, 15) is 28.8 Å². The van der Waals surface area contributed by atoms with Crippen molar-refractivity contribution in [2.45, 2.75) is 52.9 Å². The van der Waals surface area contributed by atoms with Crippen LogP contribution in [-0.4, -0.2) is 149 Å². The van der Waals surface area contributed by atoms with Crippen LogP contribution in [0.25, 0.3) is 0 Å². The minimum atomic E-state index is -0.576. The van der Waals surface area contributed by atoms with E-state index in [4.69, 9.17) is 28.4 Å². The van der Waals surface area contributed by atoms with E-state index in [0.717, 1.165) is 0 Å². The Balaban J connectivity index is -0.0000106. The fourth-order valence-electron chi connectivity index (χ4n) is 3.74. The Morgan fingerprint density at radius 3 is 1.47 bits per heavy atom. The normalized spacial score (nSPS) is 11.0. The number of carbonyl (C=O) groups is 6. The molecule has 1 unspecified atom stereocenters. The summed E-state index contributed by atoms with van der Waals surface area (Å²) in [6, 6.07) is 0. The molecule has 0 bridgehead atoms. The Morgan fingerprint density at radius 2 is 0.980 bits per heavy atom. The van der Waals surface area contributed by atoms with Gasteiger partial charge in [0, 0.05) is 99.9 Å². The van der Waals surface area contributed by atoms with Crippen molar-refractivity contribution in [3.8, 4) is 0 Å². The molecule has 0 rings (SSSR count). The second kappa shape index (κ2) is 37.4. The van der Waals surface area contributed by atoms with Gasteiger partial charge in [-0.2, -0.15) is 0 Å². The molecule has 0 aromatic rings. The van der Waals surface area contributed by atoms with Crippen molar-refractivity contribution in [3.63, 3.8) is 0 Å². The molecule has 1 atom stereocenters. The molecule has 4 amide bonds. The fraction of sp³-hybridized carbons (Fsp3) is 0.806. The van der Waals surface area contributed by atoms with Crippen molar-refractivity contribution in [3.05, 3.63) is 0 Å². The summed E-state index contributed by atoms with van der Waals surface area (Å²) in [7, 11) is 0. The molecule has 0 aromatic heterocycles. The molecule has 0 saturated carbocycles. The molecule has 49 heavy (non-hydrogen) atoms. The van der Waals surface area contributed by atoms with E-state index in [1.165, 1.54) is 13.8 Å². The van der Waals surface area contributed by atoms with Gasteiger partial charge in [0.2, 0.25) is 23.6 Å². The van der Waals surface area contributed by atoms with Crippen LogP contribution in [0, 0.1) is 5.92 Å². The minimum absolute atomic E-state index is 0. The minimum Gasteiger partial charge on any atom is -0.377 e. The maximum atomic E-state index is 12.9. The summed E-state index contributed by atoms with van der Waals surface area (Å²) in [4.78, 5) is 70.3. The number of nitrogens with one attached hydrogen (secondary N) is 4. The number of hydrogen-bond acceptors (Lipinski definition) is 12. The zero-order valence-electron chi connectivity index (χ0n) is 29.5. The summed E-state index contributed by atoms with van der Waals surface area (Å²) in [6.45, 7) is 8.35. The predicted molar refractivity (Wildman–Crippen MR) is 176 cm³/mol. The fourth-order valence-corrected chi connectivity index (χ4v) is 3.74. The predicted octanol–water partition coefficient (Wildman–Crippen LogP) is -1.07. The Hall–Kier alpha value is -1.85. The van der Waals surface area contributed by atoms with Crippen molar-refractivity contribution < 1.29 is 89.9 Å². The average molecular weight is 777 g/mol. The van der Waals surface area contributed by atoms with Crippen LogP contribution < -0.4 is 21.3 Å². The van der Waals surface area contributed by atoms with Gasteiger partial charge in [0.1, 0.15) is 19.8 Å². The zero-order chi connectivity index (χ0) is 35.0. The van der Waals surface area contributed by atoms with Gasteiger partial charge in [-0.1, -0.05) is 13.3 Å². The molecule has 0 heterocycles. The number of Topliss-reactive ketones (excluding diaryl/α,β-unsaturated/α-hetero) is 2. The van der Waals surface area contributed by atoms with Crippen LogP contribution in [0.2, 0.25) is 0 Å². The van der Waals surface area contributed by atoms with Gasteiger partial charge in [0.05, 0.1) is 59.5 Å². The van der Waals surface area contributed by atoms with Crippen LogP contribution in [0.1, 0.15) is 52.9 Å². The molecule has 0 aliphatic rings. The molecule has 0 fully saturated rings. The van der Waals surface area contributed by atoms with E-state index in [-0.39, 0.29) is 149 Å². The van der Waals surface area contributed by atoms with Crippen LogP contribution in [0.3, 0.4) is 0 Å². The number of ketones is 2. The second-order valence-corrected chi connectivity index (χ2v) is 10.4. The van der Waals surface area contributed by atoms with Crippen molar-refractivity contribution in [2.75, 3.05) is 105 Å². The van der Waals surface area contributed by atoms with E-state index >= 15 is 0 Å². The molecule has 0 aliphatic carbocycles. The largest absolute Gasteiger partial charge is 0.377 e. The maximum absolute atomic E-state index is 12.9. The molecule has 16 nitrogen and oxygen atoms in total. The molecule has 0 spiro atoms. The van der Waals surface area contributed by atoms with Gasteiger partial charge in [-0.15, -0.1) is 0 Å². The third-order valence-corrected chi connectivity index (χ3v) is 6.20. The Bertz CT molecular complexity index is 905. The summed E-state index contributed by atoms with van der Waals surface area (Å²) in [5, 5.41) is 10.8. The van der Waals surface area contributed by atoms with Crippen LogP contribution >= 0.6 is 0 Å². The van der Waals surface area contributed by atoms with Crippen LogP contribution in [0.15, 0.2) is 0 Å². The Morgan fingerprint density at radius 1 is 0.531 bits per heavy atom. The maximum Gasteiger partial charge on any atom is 0.245 e. The van der Waals surface area contributed by atoms with Crippen molar-refractivity contribution in [1.29, 1.82) is 0 Å². The molecule has 0 aliphatic heterocycles. The summed E-state index contributed by atoms with van der Waals surface area (Å²) in [5.74, 6) is -1.59. The summed E-state index contributed by atoms with van der Waals surface area (Å²) in [6.07, 6.45) is 2.06. The summed E-state index contributed by atoms with van der Waals surface area (Å²) < 4.78 is 31.9. The number of amides is 4. The van der Waals surface area contributed by atoms with Gasteiger partial charge in [0.15, 0.2) is 11.6 Å². The summed E-state index contributed by atoms with van der Waals surface area (Å²) >= 11 is 0. The smallest absolute Gasteiger partial charge is 0.245 e. The molecule has 0 aromatic carbocycles. The van der Waals surface area contributed by atoms with E-state index in [1.807, 2.05) is 0 Å². The van der Waals surface area contributed by atoms with Gasteiger partial charge in [-0.3, -0.25) is 28.8 Å². The molecular weight excluding hydrogens is 720 g/mol. The molecule has 18 heteroatoms. The van der Waals surface area contributed by atoms with Crippen LogP contribution in [-0.2, 0) is 89.9 Å². The number of carbonyl (C=O) groups excluding carboxylic acids is 6. The SMILES string of the molecule is CCC(=O)COCCOCCNC(=O)C(CCCCNC(=O)COCCOCCNC(C)=O)CC(=O)COCCOCCNC(C)=O.[B].[Y]. The number of ether oxygens (including phenoxy) is 6. The van der Waals surface area contributed by atoms with E-state index < -0.39 is 5.92 Å². The van der Waals surface area contributed by atoms with Gasteiger partial charge >= 0.3 is 0 Å². The first-order valence-corrected chi connectivity index (χ1v) is 16.2. The molecule has 4 radical (unpaired) electrons. The molecule has 278 valence electrons. The van der Waals surface area contributed by atoms with Gasteiger partial charge in [-0.25, -0.2) is 0 Å². The topological polar surface area (TPSA) is 206 Å². The average Bonchev–Trinajstić information content (AvgIpc) is 3.03. The van der Waals surface area contributed by atoms with Crippen molar-refractivity contribution in [2.24, 2.45) is 5.92 Å². The monoisotopic (exact) mass is 776 g/mol. The van der Waals surface area contributed by atoms with Crippen molar-refractivity contribution >= 4 is 43.6 Å². The van der Waals surface area contributed by atoms with Crippen molar-refractivity contribution in [1.82, 2.24) is 21.3 Å². The Labute approximate surface area is 317 Å². The number of rotatable bonds is 33. The molecular formula is C31H56BN4O12Y. The number of unbranched alkanes of at least 4 members (excludes halogenated alkanes) is 1. The zero-order valence-corrected chi connectivity index (χ0v) is 32.3. The first-order valence-electron chi connectivity index (χ1n) is 16.2. The second-order valence-electron chi connectivity index (χ2n) is 10.4. The third-order valence-electron chi connectivity index (χ3n) is 6.20. The molecule has 0 saturated heterocycles. The van der Waals surface area contributed by atoms with Gasteiger partial charge < -0.3 is 49.7 Å². The quantitative estimate of drug-likeness (QED) is 0.0465. The van der Waals surface area contributed by atoms with E-state index in [1.54, 1.807) is 6.92 Å². The molecule has 4 N–H and O–H groups in total. The van der Waals surface area contributed by atoms with Crippen LogP contribution in [0.4, 0.5) is 0 Å². The van der Waals surface area contributed by atoms with Gasteiger partial charge in [-0.05, 0) is 12.8 Å². The summed E-state index contributed by atoms with van der Waals surface area (Å²) in [5.41, 5.74) is 0. The first kappa shape index (κ1) is 51.5. The first-order chi connectivity index (χ1) is 22.6. The Kier molecular flexibility index (Phi) is 39.3. The standard InChI is InChI=1S/C31H56N4O12.B.Y/c1-4-28(38)22-45-18-15-44-14-11-35-31(41)27(21-29(39)23-46-19-16-42-12-9-32-25(2)36)7-5-6-8-34-30(40)24-47-20-17-43-13-10-33-26(3)37;;/h27H,4-24H2,1-3H3,(H,32,36)(H,33,37)(H,34,40)(H,35,41);;. The van der Waals surface area contributed by atoms with E-state index in [2.05, 4.69) is 21.3 Å². The van der Waals surface area contributed by atoms with Crippen LogP contribution in [0.5, 0.6) is 0 Å². The number of hydrogen-bond donors (Lipinski definition) is 4. The third kappa shape index (κ3) is 37.2. The van der Waals surface area contributed by atoms with E-state index in [0.29, 0.717) is 65.1 Å². The van der Waals surface area contributed by atoms with Gasteiger partial charge in [0.25, 0.3) is 0 Å².